The van der Waals surface area contributed by atoms with Crippen LogP contribution in [0.15, 0.2) is 48.5 Å². The lowest BCUT2D eigenvalue weighted by molar-refractivity contribution is -0.0303. The Balaban J connectivity index is 1.92. The quantitative estimate of drug-likeness (QED) is 0.910. The van der Waals surface area contributed by atoms with Crippen molar-refractivity contribution in [2.24, 2.45) is 11.8 Å². The van der Waals surface area contributed by atoms with Crippen molar-refractivity contribution in [1.29, 1.82) is 0 Å². The number of rotatable bonds is 2. The van der Waals surface area contributed by atoms with E-state index in [-0.39, 0.29) is 23.5 Å². The average Bonchev–Trinajstić information content (AvgIpc) is 3.03. The minimum Gasteiger partial charge on any atom is -0.393 e. The normalized spacial score (nSPS) is 36.8. The summed E-state index contributed by atoms with van der Waals surface area (Å²) in [6.07, 6.45) is 1.81. The number of aliphatic hydroxyl groups is 1. The summed E-state index contributed by atoms with van der Waals surface area (Å²) in [6, 6.07) is 17.7. The summed E-state index contributed by atoms with van der Waals surface area (Å²) in [5.41, 5.74) is 5.43. The molecule has 0 spiro atoms. The molecule has 2 nitrogen and oxygen atoms in total. The summed E-state index contributed by atoms with van der Waals surface area (Å²) in [4.78, 5) is 0. The summed E-state index contributed by atoms with van der Waals surface area (Å²) in [7, 11) is 1.81. The first kappa shape index (κ1) is 14.7. The highest BCUT2D eigenvalue weighted by Crippen LogP contribution is 2.67. The SMILES string of the molecule is CO[C@@H](C)C12c3ccccc3C(c3ccccc31)[C@@H]1CC[C@H](O)[C@@H]12. The zero-order valence-electron chi connectivity index (χ0n) is 14.3. The zero-order valence-corrected chi connectivity index (χ0v) is 14.3. The lowest BCUT2D eigenvalue weighted by Gasteiger charge is -2.59. The van der Waals surface area contributed by atoms with E-state index in [4.69, 9.17) is 4.74 Å². The maximum atomic E-state index is 11.0. The monoisotopic (exact) mass is 320 g/mol. The Morgan fingerprint density at radius 3 is 2.17 bits per heavy atom. The Kier molecular flexibility index (Phi) is 3.02. The summed E-state index contributed by atoms with van der Waals surface area (Å²) in [5.74, 6) is 1.19. The molecule has 1 N–H and O–H groups in total. The van der Waals surface area contributed by atoms with E-state index in [0.717, 1.165) is 12.8 Å². The third-order valence-corrected chi connectivity index (χ3v) is 7.10. The highest BCUT2D eigenvalue weighted by atomic mass is 16.5. The molecule has 24 heavy (non-hydrogen) atoms. The van der Waals surface area contributed by atoms with E-state index in [0.29, 0.717) is 11.8 Å². The minimum atomic E-state index is -0.239. The van der Waals surface area contributed by atoms with Crippen molar-refractivity contribution in [2.45, 2.75) is 43.3 Å². The molecule has 0 saturated heterocycles. The van der Waals surface area contributed by atoms with Crippen LogP contribution in [0.25, 0.3) is 0 Å². The van der Waals surface area contributed by atoms with Gasteiger partial charge in [0.05, 0.1) is 17.6 Å². The molecule has 0 radical (unpaired) electrons. The molecule has 4 aliphatic carbocycles. The minimum absolute atomic E-state index is 0.0290. The van der Waals surface area contributed by atoms with Gasteiger partial charge in [0.15, 0.2) is 0 Å². The maximum absolute atomic E-state index is 11.0. The van der Waals surface area contributed by atoms with Gasteiger partial charge in [-0.15, -0.1) is 0 Å². The number of hydrogen-bond donors (Lipinski definition) is 1. The molecule has 0 aliphatic heterocycles. The summed E-state index contributed by atoms with van der Waals surface area (Å²) in [5, 5.41) is 11.0. The molecule has 2 aromatic carbocycles. The van der Waals surface area contributed by atoms with Crippen molar-refractivity contribution in [3.63, 3.8) is 0 Å². The van der Waals surface area contributed by atoms with Gasteiger partial charge < -0.3 is 9.84 Å². The Bertz CT molecular complexity index is 749. The molecule has 124 valence electrons. The molecule has 2 heteroatoms. The molecule has 1 saturated carbocycles. The highest BCUT2D eigenvalue weighted by molar-refractivity contribution is 5.62. The second-order valence-corrected chi connectivity index (χ2v) is 7.73. The fourth-order valence-corrected chi connectivity index (χ4v) is 6.34. The lowest BCUT2D eigenvalue weighted by atomic mass is 9.45. The number of hydrogen-bond acceptors (Lipinski definition) is 2. The zero-order chi connectivity index (χ0) is 16.5. The number of aliphatic hydroxyl groups excluding tert-OH is 1. The first-order valence-electron chi connectivity index (χ1n) is 9.11. The standard InChI is InChI=1S/C22H24O2/c1-13(24-2)22-17-9-5-3-7-14(17)20(15-8-4-6-10-18(15)22)16-11-12-19(23)21(16)22/h3-10,13,16,19-21,23H,11-12H2,1-2H3/t13-,16-,19-,20?,21+,22?/m0/s1. The fraction of sp³-hybridized carbons (Fsp3) is 0.455. The number of benzene rings is 2. The first-order valence-corrected chi connectivity index (χ1v) is 9.11. The second-order valence-electron chi connectivity index (χ2n) is 7.73. The molecular formula is C22H24O2. The van der Waals surface area contributed by atoms with Crippen molar-refractivity contribution >= 4 is 0 Å². The Labute approximate surface area is 143 Å². The molecule has 4 aliphatic rings. The van der Waals surface area contributed by atoms with Gasteiger partial charge in [0.1, 0.15) is 0 Å². The van der Waals surface area contributed by atoms with E-state index >= 15 is 0 Å². The number of ether oxygens (including phenoxy) is 1. The van der Waals surface area contributed by atoms with Crippen LogP contribution in [0.5, 0.6) is 0 Å². The largest absolute Gasteiger partial charge is 0.393 e. The van der Waals surface area contributed by atoms with Crippen LogP contribution < -0.4 is 0 Å². The molecule has 0 amide bonds. The molecule has 4 atom stereocenters. The van der Waals surface area contributed by atoms with Crippen molar-refractivity contribution in [3.8, 4) is 0 Å². The topological polar surface area (TPSA) is 29.5 Å². The van der Waals surface area contributed by atoms with Crippen molar-refractivity contribution in [1.82, 2.24) is 0 Å². The highest BCUT2D eigenvalue weighted by Gasteiger charge is 2.64. The molecule has 0 unspecified atom stereocenters. The van der Waals surface area contributed by atoms with Gasteiger partial charge in [-0.1, -0.05) is 48.5 Å². The van der Waals surface area contributed by atoms with E-state index in [9.17, 15) is 5.11 Å². The van der Waals surface area contributed by atoms with Crippen LogP contribution >= 0.6 is 0 Å². The molecule has 6 rings (SSSR count). The van der Waals surface area contributed by atoms with Crippen LogP contribution in [0.1, 0.15) is 47.9 Å². The third kappa shape index (κ3) is 1.50. The van der Waals surface area contributed by atoms with Gasteiger partial charge in [-0.3, -0.25) is 0 Å². The van der Waals surface area contributed by atoms with Crippen molar-refractivity contribution in [2.75, 3.05) is 7.11 Å². The van der Waals surface area contributed by atoms with Gasteiger partial charge in [0, 0.05) is 18.9 Å². The van der Waals surface area contributed by atoms with Crippen LogP contribution in [0.2, 0.25) is 0 Å². The van der Waals surface area contributed by atoms with Crippen LogP contribution in [-0.2, 0) is 10.2 Å². The van der Waals surface area contributed by atoms with Gasteiger partial charge in [0.2, 0.25) is 0 Å². The third-order valence-electron chi connectivity index (χ3n) is 7.10. The van der Waals surface area contributed by atoms with Gasteiger partial charge in [-0.2, -0.15) is 0 Å². The van der Waals surface area contributed by atoms with Gasteiger partial charge in [-0.05, 0) is 47.9 Å². The molecule has 2 bridgehead atoms. The molecule has 0 aromatic heterocycles. The van der Waals surface area contributed by atoms with Gasteiger partial charge >= 0.3 is 0 Å². The van der Waals surface area contributed by atoms with E-state index in [1.807, 2.05) is 7.11 Å². The van der Waals surface area contributed by atoms with Crippen molar-refractivity contribution < 1.29 is 9.84 Å². The average molecular weight is 320 g/mol. The van der Waals surface area contributed by atoms with Crippen LogP contribution in [0.4, 0.5) is 0 Å². The maximum Gasteiger partial charge on any atom is 0.0684 e. The predicted molar refractivity (Wildman–Crippen MR) is 94.2 cm³/mol. The molecular weight excluding hydrogens is 296 g/mol. The first-order chi connectivity index (χ1) is 11.7. The smallest absolute Gasteiger partial charge is 0.0684 e. The van der Waals surface area contributed by atoms with E-state index in [1.165, 1.54) is 22.3 Å². The predicted octanol–water partition coefficient (Wildman–Crippen LogP) is 3.85. The summed E-state index contributed by atoms with van der Waals surface area (Å²) < 4.78 is 5.97. The lowest BCUT2D eigenvalue weighted by Crippen LogP contribution is -2.58. The Morgan fingerprint density at radius 1 is 1.00 bits per heavy atom. The molecule has 2 aromatic rings. The molecule has 1 fully saturated rings. The van der Waals surface area contributed by atoms with Crippen LogP contribution in [-0.4, -0.2) is 24.4 Å². The van der Waals surface area contributed by atoms with E-state index < -0.39 is 0 Å². The Morgan fingerprint density at radius 2 is 1.58 bits per heavy atom. The van der Waals surface area contributed by atoms with Gasteiger partial charge in [-0.25, -0.2) is 0 Å². The summed E-state index contributed by atoms with van der Waals surface area (Å²) in [6.45, 7) is 2.18. The van der Waals surface area contributed by atoms with Gasteiger partial charge in [0.25, 0.3) is 0 Å². The Hall–Kier alpha value is -1.64. The van der Waals surface area contributed by atoms with Crippen LogP contribution in [0, 0.1) is 11.8 Å². The number of methoxy groups -OCH3 is 1. The molecule has 0 heterocycles. The van der Waals surface area contributed by atoms with Crippen LogP contribution in [0.3, 0.4) is 0 Å². The van der Waals surface area contributed by atoms with E-state index in [1.54, 1.807) is 0 Å². The van der Waals surface area contributed by atoms with Crippen molar-refractivity contribution in [3.05, 3.63) is 70.8 Å². The fourth-order valence-electron chi connectivity index (χ4n) is 6.34. The summed E-state index contributed by atoms with van der Waals surface area (Å²) >= 11 is 0. The van der Waals surface area contributed by atoms with E-state index in [2.05, 4.69) is 55.5 Å². The second kappa shape index (κ2) is 4.93.